The van der Waals surface area contributed by atoms with Gasteiger partial charge in [-0.2, -0.15) is 0 Å². The molecule has 0 aliphatic rings. The highest BCUT2D eigenvalue weighted by molar-refractivity contribution is 9.10. The Kier molecular flexibility index (Phi) is 4.45. The molecule has 0 aliphatic heterocycles. The fourth-order valence-electron chi connectivity index (χ4n) is 2.29. The topological polar surface area (TPSA) is 29.5 Å². The van der Waals surface area contributed by atoms with Crippen LogP contribution in [0.15, 0.2) is 46.9 Å². The van der Waals surface area contributed by atoms with Crippen molar-refractivity contribution in [3.63, 3.8) is 0 Å². The molecule has 2 nitrogen and oxygen atoms in total. The molecular formula is C16H16BrFO2. The molecule has 0 fully saturated rings. The lowest BCUT2D eigenvalue weighted by Crippen LogP contribution is -2.26. The minimum absolute atomic E-state index is 0.186. The van der Waals surface area contributed by atoms with Crippen molar-refractivity contribution in [3.8, 4) is 5.75 Å². The van der Waals surface area contributed by atoms with E-state index in [1.165, 1.54) is 13.2 Å². The second-order valence-electron chi connectivity index (χ2n) is 4.89. The molecule has 106 valence electrons. The molecule has 0 spiro atoms. The van der Waals surface area contributed by atoms with Gasteiger partial charge in [-0.1, -0.05) is 34.1 Å². The predicted molar refractivity (Wildman–Crippen MR) is 80.4 cm³/mol. The van der Waals surface area contributed by atoms with Crippen molar-refractivity contribution in [1.82, 2.24) is 0 Å². The molecular weight excluding hydrogens is 323 g/mol. The van der Waals surface area contributed by atoms with Crippen molar-refractivity contribution in [2.45, 2.75) is 18.9 Å². The van der Waals surface area contributed by atoms with E-state index in [-0.39, 0.29) is 5.56 Å². The Hall–Kier alpha value is -1.39. The molecule has 1 unspecified atom stereocenters. The number of ether oxygens (including phenoxy) is 1. The summed E-state index contributed by atoms with van der Waals surface area (Å²) >= 11 is 3.36. The van der Waals surface area contributed by atoms with E-state index in [1.807, 2.05) is 24.3 Å². The van der Waals surface area contributed by atoms with E-state index in [0.717, 1.165) is 10.0 Å². The first-order valence-corrected chi connectivity index (χ1v) is 7.03. The van der Waals surface area contributed by atoms with Crippen molar-refractivity contribution >= 4 is 15.9 Å². The van der Waals surface area contributed by atoms with Crippen LogP contribution in [0, 0.1) is 5.82 Å². The number of halogens is 2. The molecule has 2 aromatic rings. The Morgan fingerprint density at radius 1 is 1.20 bits per heavy atom. The zero-order valence-electron chi connectivity index (χ0n) is 11.4. The highest BCUT2D eigenvalue weighted by atomic mass is 79.9. The van der Waals surface area contributed by atoms with Gasteiger partial charge in [-0.3, -0.25) is 0 Å². The summed E-state index contributed by atoms with van der Waals surface area (Å²) in [7, 11) is 1.47. The van der Waals surface area contributed by atoms with Gasteiger partial charge >= 0.3 is 0 Å². The molecule has 0 bridgehead atoms. The van der Waals surface area contributed by atoms with Crippen LogP contribution < -0.4 is 4.74 Å². The monoisotopic (exact) mass is 338 g/mol. The average Bonchev–Trinajstić information content (AvgIpc) is 2.40. The standard InChI is InChI=1S/C16H16BrFO2/c1-16(19,10-11-6-8-12(17)9-7-11)15-13(18)4-3-5-14(15)20-2/h3-9,19H,10H2,1-2H3. The van der Waals surface area contributed by atoms with E-state index in [9.17, 15) is 9.50 Å². The first-order valence-electron chi connectivity index (χ1n) is 6.24. The molecule has 0 saturated carbocycles. The third-order valence-electron chi connectivity index (χ3n) is 3.20. The first-order chi connectivity index (χ1) is 9.44. The molecule has 0 radical (unpaired) electrons. The van der Waals surface area contributed by atoms with E-state index < -0.39 is 11.4 Å². The number of hydrogen-bond donors (Lipinski definition) is 1. The summed E-state index contributed by atoms with van der Waals surface area (Å²) in [4.78, 5) is 0. The normalized spacial score (nSPS) is 13.8. The van der Waals surface area contributed by atoms with Crippen molar-refractivity contribution in [1.29, 1.82) is 0 Å². The lowest BCUT2D eigenvalue weighted by atomic mass is 9.88. The molecule has 0 aliphatic carbocycles. The van der Waals surface area contributed by atoms with Crippen molar-refractivity contribution < 1.29 is 14.2 Å². The molecule has 20 heavy (non-hydrogen) atoms. The van der Waals surface area contributed by atoms with E-state index in [0.29, 0.717) is 12.2 Å². The summed E-state index contributed by atoms with van der Waals surface area (Å²) in [5.41, 5.74) is -0.237. The fraction of sp³-hybridized carbons (Fsp3) is 0.250. The Balaban J connectivity index is 2.37. The average molecular weight is 339 g/mol. The SMILES string of the molecule is COc1cccc(F)c1C(C)(O)Cc1ccc(Br)cc1. The molecule has 2 aromatic carbocycles. The zero-order chi connectivity index (χ0) is 14.8. The second-order valence-corrected chi connectivity index (χ2v) is 5.81. The van der Waals surface area contributed by atoms with Gasteiger partial charge in [-0.05, 0) is 36.8 Å². The molecule has 0 aromatic heterocycles. The molecule has 1 atom stereocenters. The minimum atomic E-state index is -1.34. The second kappa shape index (κ2) is 5.94. The maximum absolute atomic E-state index is 14.1. The summed E-state index contributed by atoms with van der Waals surface area (Å²) in [5.74, 6) is -0.112. The van der Waals surface area contributed by atoms with E-state index in [4.69, 9.17) is 4.74 Å². The summed E-state index contributed by atoms with van der Waals surface area (Å²) < 4.78 is 20.2. The third kappa shape index (κ3) is 3.19. The number of benzene rings is 2. The van der Waals surface area contributed by atoms with Crippen LogP contribution in [-0.2, 0) is 12.0 Å². The van der Waals surface area contributed by atoms with Crippen molar-refractivity contribution in [2.75, 3.05) is 7.11 Å². The van der Waals surface area contributed by atoms with Crippen LogP contribution in [0.5, 0.6) is 5.75 Å². The van der Waals surface area contributed by atoms with E-state index >= 15 is 0 Å². The summed E-state index contributed by atoms with van der Waals surface area (Å²) in [6, 6.07) is 12.1. The molecule has 4 heteroatoms. The van der Waals surface area contributed by atoms with Gasteiger partial charge in [0.2, 0.25) is 0 Å². The van der Waals surface area contributed by atoms with Crippen LogP contribution in [0.1, 0.15) is 18.1 Å². The lowest BCUT2D eigenvalue weighted by Gasteiger charge is -2.26. The number of hydrogen-bond acceptors (Lipinski definition) is 2. The maximum atomic E-state index is 14.1. The Morgan fingerprint density at radius 3 is 2.45 bits per heavy atom. The molecule has 0 amide bonds. The minimum Gasteiger partial charge on any atom is -0.496 e. The highest BCUT2D eigenvalue weighted by Crippen LogP contribution is 2.34. The maximum Gasteiger partial charge on any atom is 0.133 e. The summed E-state index contributed by atoms with van der Waals surface area (Å²) in [5, 5.41) is 10.7. The Labute approximate surface area is 126 Å². The lowest BCUT2D eigenvalue weighted by molar-refractivity contribution is 0.0510. The fourth-order valence-corrected chi connectivity index (χ4v) is 2.55. The van der Waals surface area contributed by atoms with Gasteiger partial charge in [-0.25, -0.2) is 4.39 Å². The molecule has 1 N–H and O–H groups in total. The van der Waals surface area contributed by atoms with Crippen molar-refractivity contribution in [3.05, 3.63) is 63.9 Å². The molecule has 0 saturated heterocycles. The van der Waals surface area contributed by atoms with E-state index in [2.05, 4.69) is 15.9 Å². The van der Waals surface area contributed by atoms with Gasteiger partial charge in [0.25, 0.3) is 0 Å². The van der Waals surface area contributed by atoms with Gasteiger partial charge in [0.05, 0.1) is 18.3 Å². The third-order valence-corrected chi connectivity index (χ3v) is 3.72. The van der Waals surface area contributed by atoms with Crippen LogP contribution in [0.3, 0.4) is 0 Å². The quantitative estimate of drug-likeness (QED) is 0.911. The van der Waals surface area contributed by atoms with Gasteiger partial charge in [0, 0.05) is 10.9 Å². The van der Waals surface area contributed by atoms with Gasteiger partial charge in [0.15, 0.2) is 0 Å². The number of rotatable bonds is 4. The Bertz CT molecular complexity index is 594. The molecule has 2 rings (SSSR count). The largest absolute Gasteiger partial charge is 0.496 e. The van der Waals surface area contributed by atoms with Crippen LogP contribution >= 0.6 is 15.9 Å². The Morgan fingerprint density at radius 2 is 1.85 bits per heavy atom. The number of methoxy groups -OCH3 is 1. The summed E-state index contributed by atoms with van der Waals surface area (Å²) in [6.07, 6.45) is 0.303. The van der Waals surface area contributed by atoms with E-state index in [1.54, 1.807) is 19.1 Å². The summed E-state index contributed by atoms with van der Waals surface area (Å²) in [6.45, 7) is 1.59. The highest BCUT2D eigenvalue weighted by Gasteiger charge is 2.30. The molecule has 0 heterocycles. The zero-order valence-corrected chi connectivity index (χ0v) is 12.9. The van der Waals surface area contributed by atoms with Crippen LogP contribution in [-0.4, -0.2) is 12.2 Å². The first kappa shape index (κ1) is 15.0. The van der Waals surface area contributed by atoms with Crippen LogP contribution in [0.25, 0.3) is 0 Å². The van der Waals surface area contributed by atoms with Crippen molar-refractivity contribution in [2.24, 2.45) is 0 Å². The van der Waals surface area contributed by atoms with Gasteiger partial charge in [-0.15, -0.1) is 0 Å². The number of aliphatic hydroxyl groups is 1. The van der Waals surface area contributed by atoms with Crippen LogP contribution in [0.2, 0.25) is 0 Å². The van der Waals surface area contributed by atoms with Crippen LogP contribution in [0.4, 0.5) is 4.39 Å². The van der Waals surface area contributed by atoms with Gasteiger partial charge in [0.1, 0.15) is 11.6 Å². The smallest absolute Gasteiger partial charge is 0.133 e. The van der Waals surface area contributed by atoms with Gasteiger partial charge < -0.3 is 9.84 Å². The predicted octanol–water partition coefficient (Wildman–Crippen LogP) is 4.05.